The van der Waals surface area contributed by atoms with E-state index >= 15 is 0 Å². The fourth-order valence-electron chi connectivity index (χ4n) is 1.50. The van der Waals surface area contributed by atoms with Crippen molar-refractivity contribution < 1.29 is 14.5 Å². The zero-order valence-electron chi connectivity index (χ0n) is 10.7. The van der Waals surface area contributed by atoms with Gasteiger partial charge in [-0.25, -0.2) is 4.79 Å². The first-order valence-electron chi connectivity index (χ1n) is 5.72. The molecule has 0 aromatic heterocycles. The maximum atomic E-state index is 11.7. The van der Waals surface area contributed by atoms with Crippen molar-refractivity contribution in [3.8, 4) is 0 Å². The maximum Gasteiger partial charge on any atom is 0.347 e. The summed E-state index contributed by atoms with van der Waals surface area (Å²) in [6.45, 7) is -0.157. The SMILES string of the molecule is O=NN(CCCl)C(=O)NC(=O)Cc1ccccc1[N+](=O)[O-]. The molecule has 0 saturated carbocycles. The first-order valence-corrected chi connectivity index (χ1v) is 6.26. The number of carbonyl (C=O) groups is 2. The molecule has 0 radical (unpaired) electrons. The number of alkyl halides is 1. The van der Waals surface area contributed by atoms with Gasteiger partial charge in [0.15, 0.2) is 0 Å². The molecule has 1 N–H and O–H groups in total. The normalized spacial score (nSPS) is 9.76. The minimum absolute atomic E-state index is 0.0303. The van der Waals surface area contributed by atoms with Gasteiger partial charge in [0.1, 0.15) is 0 Å². The van der Waals surface area contributed by atoms with Crippen LogP contribution in [-0.4, -0.2) is 34.3 Å². The summed E-state index contributed by atoms with van der Waals surface area (Å²) in [5, 5.41) is 15.6. The topological polar surface area (TPSA) is 122 Å². The monoisotopic (exact) mass is 314 g/mol. The Labute approximate surface area is 124 Å². The minimum Gasteiger partial charge on any atom is -0.276 e. The van der Waals surface area contributed by atoms with Crippen LogP contribution in [0.3, 0.4) is 0 Å². The highest BCUT2D eigenvalue weighted by Crippen LogP contribution is 2.17. The molecule has 21 heavy (non-hydrogen) atoms. The lowest BCUT2D eigenvalue weighted by molar-refractivity contribution is -0.385. The van der Waals surface area contributed by atoms with Crippen LogP contribution < -0.4 is 5.32 Å². The first kappa shape index (κ1) is 16.5. The maximum absolute atomic E-state index is 11.7. The molecule has 0 aliphatic carbocycles. The number of para-hydroxylation sites is 1. The van der Waals surface area contributed by atoms with E-state index in [0.29, 0.717) is 5.01 Å². The molecular formula is C11H11ClN4O5. The van der Waals surface area contributed by atoms with E-state index in [1.165, 1.54) is 24.3 Å². The molecule has 0 spiro atoms. The average molecular weight is 315 g/mol. The minimum atomic E-state index is -1.03. The van der Waals surface area contributed by atoms with E-state index in [1.807, 2.05) is 5.32 Å². The molecule has 0 fully saturated rings. The molecule has 3 amide bonds. The third kappa shape index (κ3) is 4.80. The summed E-state index contributed by atoms with van der Waals surface area (Å²) in [6.07, 6.45) is -0.379. The zero-order valence-corrected chi connectivity index (χ0v) is 11.4. The molecule has 0 saturated heterocycles. The van der Waals surface area contributed by atoms with Crippen LogP contribution in [0.4, 0.5) is 10.5 Å². The molecule has 1 aromatic carbocycles. The molecule has 0 atom stereocenters. The highest BCUT2D eigenvalue weighted by Gasteiger charge is 2.20. The number of nitrogens with zero attached hydrogens (tertiary/aromatic N) is 3. The van der Waals surface area contributed by atoms with Gasteiger partial charge in [-0.1, -0.05) is 18.2 Å². The van der Waals surface area contributed by atoms with Crippen LogP contribution in [0.1, 0.15) is 5.56 Å². The molecule has 1 aromatic rings. The number of amides is 3. The highest BCUT2D eigenvalue weighted by atomic mass is 35.5. The number of nitrogens with one attached hydrogen (secondary N) is 1. The lowest BCUT2D eigenvalue weighted by Gasteiger charge is -2.11. The smallest absolute Gasteiger partial charge is 0.276 e. The Morgan fingerprint density at radius 1 is 1.38 bits per heavy atom. The number of halogens is 1. The summed E-state index contributed by atoms with van der Waals surface area (Å²) in [6, 6.07) is 4.61. The quantitative estimate of drug-likeness (QED) is 0.370. The Balaban J connectivity index is 2.72. The molecule has 0 bridgehead atoms. The van der Waals surface area contributed by atoms with Gasteiger partial charge in [-0.3, -0.25) is 20.2 Å². The number of urea groups is 1. The molecule has 0 unspecified atom stereocenters. The van der Waals surface area contributed by atoms with Gasteiger partial charge in [0.2, 0.25) is 5.91 Å². The molecule has 0 aliphatic rings. The van der Waals surface area contributed by atoms with E-state index in [9.17, 15) is 24.6 Å². The Bertz CT molecular complexity index is 565. The summed E-state index contributed by atoms with van der Waals surface area (Å²) in [7, 11) is 0. The van der Waals surface area contributed by atoms with E-state index in [0.717, 1.165) is 0 Å². The van der Waals surface area contributed by atoms with Crippen LogP contribution in [0.15, 0.2) is 29.6 Å². The van der Waals surface area contributed by atoms with Crippen molar-refractivity contribution in [1.82, 2.24) is 10.3 Å². The molecular weight excluding hydrogens is 304 g/mol. The predicted molar refractivity (Wildman–Crippen MR) is 73.6 cm³/mol. The number of rotatable bonds is 6. The van der Waals surface area contributed by atoms with Crippen molar-refractivity contribution in [3.05, 3.63) is 44.9 Å². The molecule has 0 aliphatic heterocycles. The lowest BCUT2D eigenvalue weighted by Crippen LogP contribution is -2.41. The Hall–Kier alpha value is -2.55. The lowest BCUT2D eigenvalue weighted by atomic mass is 10.1. The fourth-order valence-corrected chi connectivity index (χ4v) is 1.66. The van der Waals surface area contributed by atoms with Gasteiger partial charge in [0, 0.05) is 17.5 Å². The van der Waals surface area contributed by atoms with Crippen molar-refractivity contribution in [1.29, 1.82) is 0 Å². The van der Waals surface area contributed by atoms with Crippen LogP contribution in [0.2, 0.25) is 0 Å². The summed E-state index contributed by atoms with van der Waals surface area (Å²) >= 11 is 5.36. The highest BCUT2D eigenvalue weighted by molar-refractivity contribution is 6.18. The third-order valence-electron chi connectivity index (χ3n) is 2.41. The van der Waals surface area contributed by atoms with E-state index in [1.54, 1.807) is 0 Å². The second-order valence-electron chi connectivity index (χ2n) is 3.81. The van der Waals surface area contributed by atoms with Gasteiger partial charge in [0.05, 0.1) is 23.2 Å². The van der Waals surface area contributed by atoms with E-state index < -0.39 is 16.9 Å². The van der Waals surface area contributed by atoms with Crippen molar-refractivity contribution in [3.63, 3.8) is 0 Å². The van der Waals surface area contributed by atoms with Crippen molar-refractivity contribution >= 4 is 29.2 Å². The Morgan fingerprint density at radius 2 is 2.05 bits per heavy atom. The molecule has 112 valence electrons. The predicted octanol–water partition coefficient (Wildman–Crippen LogP) is 1.60. The van der Waals surface area contributed by atoms with Crippen LogP contribution in [0.25, 0.3) is 0 Å². The second kappa shape index (κ2) is 7.90. The summed E-state index contributed by atoms with van der Waals surface area (Å²) in [4.78, 5) is 43.7. The van der Waals surface area contributed by atoms with Crippen molar-refractivity contribution in [2.45, 2.75) is 6.42 Å². The molecule has 9 nitrogen and oxygen atoms in total. The number of nitro groups is 1. The van der Waals surface area contributed by atoms with Gasteiger partial charge in [-0.05, 0) is 0 Å². The van der Waals surface area contributed by atoms with E-state index in [4.69, 9.17) is 11.6 Å². The number of hydrogen-bond donors (Lipinski definition) is 1. The Morgan fingerprint density at radius 3 is 2.62 bits per heavy atom. The number of imide groups is 1. The number of carbonyl (C=O) groups excluding carboxylic acids is 2. The molecule has 1 rings (SSSR count). The van der Waals surface area contributed by atoms with Crippen LogP contribution >= 0.6 is 11.6 Å². The standard InChI is InChI=1S/C11H11ClN4O5/c12-5-6-15(14-19)11(18)13-10(17)7-8-3-1-2-4-9(8)16(20)21/h1-4H,5-7H2,(H,13,17,18). The average Bonchev–Trinajstić information content (AvgIpc) is 2.44. The molecule has 10 heteroatoms. The van der Waals surface area contributed by atoms with E-state index in [2.05, 4.69) is 5.29 Å². The number of nitroso groups, excluding NO2 is 1. The number of nitro benzene ring substituents is 1. The fraction of sp³-hybridized carbons (Fsp3) is 0.273. The van der Waals surface area contributed by atoms with Gasteiger partial charge >= 0.3 is 6.03 Å². The van der Waals surface area contributed by atoms with Crippen LogP contribution in [-0.2, 0) is 11.2 Å². The van der Waals surface area contributed by atoms with Crippen molar-refractivity contribution in [2.24, 2.45) is 5.29 Å². The number of hydrogen-bond acceptors (Lipinski definition) is 6. The summed E-state index contributed by atoms with van der Waals surface area (Å²) < 4.78 is 0. The molecule has 0 heterocycles. The van der Waals surface area contributed by atoms with Gasteiger partial charge in [-0.15, -0.1) is 16.5 Å². The second-order valence-corrected chi connectivity index (χ2v) is 4.19. The van der Waals surface area contributed by atoms with Crippen LogP contribution in [0, 0.1) is 15.0 Å². The largest absolute Gasteiger partial charge is 0.347 e. The summed E-state index contributed by atoms with van der Waals surface area (Å²) in [5.74, 6) is -0.824. The van der Waals surface area contributed by atoms with Gasteiger partial charge in [0.25, 0.3) is 5.69 Å². The summed E-state index contributed by atoms with van der Waals surface area (Å²) in [5.41, 5.74) is -0.0815. The van der Waals surface area contributed by atoms with Gasteiger partial charge in [-0.2, -0.15) is 5.01 Å². The van der Waals surface area contributed by atoms with E-state index in [-0.39, 0.29) is 30.1 Å². The van der Waals surface area contributed by atoms with Gasteiger partial charge < -0.3 is 0 Å². The van der Waals surface area contributed by atoms with Crippen molar-refractivity contribution in [2.75, 3.05) is 12.4 Å². The van der Waals surface area contributed by atoms with Crippen LogP contribution in [0.5, 0.6) is 0 Å². The first-order chi connectivity index (χ1) is 9.99. The third-order valence-corrected chi connectivity index (χ3v) is 2.58. The Kier molecular flexibility index (Phi) is 6.21. The zero-order chi connectivity index (χ0) is 15.8. The number of benzene rings is 1.